The Morgan fingerprint density at radius 2 is 1.88 bits per heavy atom. The number of hydrogen-bond donors (Lipinski definition) is 2. The number of rotatable bonds is 10. The van der Waals surface area contributed by atoms with E-state index in [1.54, 1.807) is 39.0 Å². The first-order valence-electron chi connectivity index (χ1n) is 10.4. The molecule has 0 aromatic heterocycles. The lowest BCUT2D eigenvalue weighted by Gasteiger charge is -2.24. The van der Waals surface area contributed by atoms with Crippen LogP contribution in [-0.2, 0) is 16.0 Å². The first-order valence-corrected chi connectivity index (χ1v) is 11.9. The van der Waals surface area contributed by atoms with E-state index in [2.05, 4.69) is 5.32 Å². The van der Waals surface area contributed by atoms with Crippen LogP contribution in [0.25, 0.3) is 0 Å². The zero-order chi connectivity index (χ0) is 25.5. The maximum atomic E-state index is 14.8. The summed E-state index contributed by atoms with van der Waals surface area (Å²) in [6.07, 6.45) is 0.576. The summed E-state index contributed by atoms with van der Waals surface area (Å²) in [4.78, 5) is 22.9. The number of nitrogens with one attached hydrogen (secondary N) is 1. The van der Waals surface area contributed by atoms with Gasteiger partial charge >= 0.3 is 12.1 Å². The molecule has 0 radical (unpaired) electrons. The number of aryl methyl sites for hydroxylation is 1. The van der Waals surface area contributed by atoms with Crippen molar-refractivity contribution < 1.29 is 28.6 Å². The second-order valence-corrected chi connectivity index (χ2v) is 10.3. The predicted octanol–water partition coefficient (Wildman–Crippen LogP) is 6.41. The Labute approximate surface area is 212 Å². The summed E-state index contributed by atoms with van der Waals surface area (Å²) in [7, 11) is 1.47. The minimum Gasteiger partial charge on any atom is -0.480 e. The van der Waals surface area contributed by atoms with Gasteiger partial charge in [0.15, 0.2) is 0 Å². The van der Waals surface area contributed by atoms with E-state index >= 15 is 0 Å². The number of carboxylic acid groups (broad SMARTS) is 1. The third-order valence-electron chi connectivity index (χ3n) is 4.19. The van der Waals surface area contributed by atoms with Gasteiger partial charge in [-0.05, 0) is 81.9 Å². The van der Waals surface area contributed by atoms with Crippen molar-refractivity contribution in [2.45, 2.75) is 44.1 Å². The Hall–Kier alpha value is -2.20. The van der Waals surface area contributed by atoms with Gasteiger partial charge in [-0.3, -0.25) is 9.10 Å². The molecule has 0 unspecified atom stereocenters. The highest BCUT2D eigenvalue weighted by molar-refractivity contribution is 7.97. The molecule has 34 heavy (non-hydrogen) atoms. The van der Waals surface area contributed by atoms with Crippen LogP contribution in [-0.4, -0.2) is 47.2 Å². The number of aliphatic carboxylic acids is 1. The zero-order valence-corrected chi connectivity index (χ0v) is 21.6. The predicted molar refractivity (Wildman–Crippen MR) is 132 cm³/mol. The summed E-state index contributed by atoms with van der Waals surface area (Å²) in [6.45, 7) is 5.59. The minimum absolute atomic E-state index is 0.107. The summed E-state index contributed by atoms with van der Waals surface area (Å²) in [5.74, 6) is -0.984. The summed E-state index contributed by atoms with van der Waals surface area (Å²) in [5, 5.41) is 12.2. The Morgan fingerprint density at radius 1 is 1.18 bits per heavy atom. The summed E-state index contributed by atoms with van der Waals surface area (Å²) in [5.41, 5.74) is 0.0896. The van der Waals surface area contributed by atoms with Crippen LogP contribution >= 0.6 is 35.1 Å². The Bertz CT molecular complexity index is 1030. The van der Waals surface area contributed by atoms with Gasteiger partial charge in [-0.2, -0.15) is 0 Å². The lowest BCUT2D eigenvalue weighted by atomic mass is 10.1. The molecule has 0 spiro atoms. The SMILES string of the molecule is CN(Sc1cc(Cl)c(Oc2ccc(Cl)cc2CCCNCC(=O)O)cc1F)C(=O)OC(C)(C)C. The quantitative estimate of drug-likeness (QED) is 0.270. The number of nitrogens with zero attached hydrogens (tertiary/aromatic N) is 1. The normalized spacial score (nSPS) is 11.3. The van der Waals surface area contributed by atoms with E-state index in [0.29, 0.717) is 30.2 Å². The molecular weight excluding hydrogens is 506 g/mol. The van der Waals surface area contributed by atoms with Gasteiger partial charge in [-0.1, -0.05) is 23.2 Å². The van der Waals surface area contributed by atoms with Crippen LogP contribution < -0.4 is 10.1 Å². The lowest BCUT2D eigenvalue weighted by Crippen LogP contribution is -2.30. The largest absolute Gasteiger partial charge is 0.480 e. The van der Waals surface area contributed by atoms with E-state index in [4.69, 9.17) is 37.8 Å². The second kappa shape index (κ2) is 12.5. The molecule has 1 amide bonds. The molecule has 2 aromatic rings. The average Bonchev–Trinajstić information content (AvgIpc) is 2.71. The van der Waals surface area contributed by atoms with Gasteiger partial charge < -0.3 is 19.9 Å². The topological polar surface area (TPSA) is 88.1 Å². The van der Waals surface area contributed by atoms with Crippen LogP contribution in [0.2, 0.25) is 10.0 Å². The monoisotopic (exact) mass is 532 g/mol. The minimum atomic E-state index is -0.928. The highest BCUT2D eigenvalue weighted by atomic mass is 35.5. The van der Waals surface area contributed by atoms with E-state index in [1.165, 1.54) is 17.4 Å². The van der Waals surface area contributed by atoms with Gasteiger partial charge in [0.1, 0.15) is 22.9 Å². The first-order chi connectivity index (χ1) is 15.9. The fourth-order valence-electron chi connectivity index (χ4n) is 2.73. The number of carboxylic acids is 1. The molecule has 11 heteroatoms. The fourth-order valence-corrected chi connectivity index (χ4v) is 3.92. The molecule has 0 saturated heterocycles. The molecule has 7 nitrogen and oxygen atoms in total. The van der Waals surface area contributed by atoms with Crippen LogP contribution in [0.3, 0.4) is 0 Å². The highest BCUT2D eigenvalue weighted by Crippen LogP contribution is 2.38. The van der Waals surface area contributed by atoms with Gasteiger partial charge in [0.2, 0.25) is 0 Å². The standard InChI is InChI=1S/C23H27Cl2FN2O5S/c1-23(2,3)33-22(31)28(4)34-20-11-16(25)19(12-17(20)26)32-18-8-7-15(24)10-14(18)6-5-9-27-13-21(29)30/h7-8,10-12,27H,5-6,9,13H2,1-4H3,(H,29,30). The average molecular weight is 533 g/mol. The fraction of sp³-hybridized carbons (Fsp3) is 0.391. The zero-order valence-electron chi connectivity index (χ0n) is 19.3. The molecule has 2 N–H and O–H groups in total. The van der Waals surface area contributed by atoms with Crippen LogP contribution in [0.5, 0.6) is 11.5 Å². The second-order valence-electron chi connectivity index (χ2n) is 8.31. The molecule has 0 aliphatic rings. The van der Waals surface area contributed by atoms with Gasteiger partial charge in [0.25, 0.3) is 0 Å². The van der Waals surface area contributed by atoms with E-state index in [-0.39, 0.29) is 22.2 Å². The van der Waals surface area contributed by atoms with Crippen molar-refractivity contribution in [2.75, 3.05) is 20.1 Å². The van der Waals surface area contributed by atoms with Crippen molar-refractivity contribution in [1.29, 1.82) is 0 Å². The molecule has 2 rings (SSSR count). The van der Waals surface area contributed by atoms with Crippen molar-refractivity contribution in [3.8, 4) is 11.5 Å². The Balaban J connectivity index is 2.12. The molecule has 0 saturated carbocycles. The summed E-state index contributed by atoms with van der Waals surface area (Å²) >= 11 is 13.3. The Kier molecular flexibility index (Phi) is 10.3. The lowest BCUT2D eigenvalue weighted by molar-refractivity contribution is -0.135. The third kappa shape index (κ3) is 9.21. The highest BCUT2D eigenvalue weighted by Gasteiger charge is 2.22. The molecule has 0 aliphatic carbocycles. The number of ether oxygens (including phenoxy) is 2. The smallest absolute Gasteiger partial charge is 0.420 e. The van der Waals surface area contributed by atoms with Crippen LogP contribution in [0.1, 0.15) is 32.8 Å². The summed E-state index contributed by atoms with van der Waals surface area (Å²) in [6, 6.07) is 7.57. The Morgan fingerprint density at radius 3 is 2.53 bits per heavy atom. The van der Waals surface area contributed by atoms with Gasteiger partial charge in [0.05, 0.1) is 16.5 Å². The number of amides is 1. The van der Waals surface area contributed by atoms with Crippen molar-refractivity contribution >= 4 is 47.2 Å². The maximum Gasteiger partial charge on any atom is 0.420 e. The van der Waals surface area contributed by atoms with Crippen LogP contribution in [0.15, 0.2) is 35.2 Å². The van der Waals surface area contributed by atoms with E-state index in [9.17, 15) is 14.0 Å². The van der Waals surface area contributed by atoms with Crippen molar-refractivity contribution in [3.63, 3.8) is 0 Å². The molecular formula is C23H27Cl2FN2O5S. The van der Waals surface area contributed by atoms with Gasteiger partial charge in [0, 0.05) is 18.1 Å². The van der Waals surface area contributed by atoms with Crippen molar-refractivity contribution in [2.24, 2.45) is 0 Å². The van der Waals surface area contributed by atoms with Gasteiger partial charge in [-0.15, -0.1) is 0 Å². The molecule has 186 valence electrons. The number of halogens is 3. The van der Waals surface area contributed by atoms with Gasteiger partial charge in [-0.25, -0.2) is 9.18 Å². The van der Waals surface area contributed by atoms with E-state index in [0.717, 1.165) is 23.6 Å². The molecule has 2 aromatic carbocycles. The number of carbonyl (C=O) groups is 2. The van der Waals surface area contributed by atoms with Crippen molar-refractivity contribution in [1.82, 2.24) is 9.62 Å². The number of benzene rings is 2. The van der Waals surface area contributed by atoms with Crippen LogP contribution in [0, 0.1) is 5.82 Å². The maximum absolute atomic E-state index is 14.8. The third-order valence-corrected chi connectivity index (χ3v) is 5.65. The molecule has 0 aliphatic heterocycles. The first kappa shape index (κ1) is 28.0. The number of hydrogen-bond acceptors (Lipinski definition) is 6. The summed E-state index contributed by atoms with van der Waals surface area (Å²) < 4.78 is 27.1. The van der Waals surface area contributed by atoms with E-state index < -0.39 is 23.5 Å². The van der Waals surface area contributed by atoms with E-state index in [1.807, 2.05) is 0 Å². The van der Waals surface area contributed by atoms with Crippen LogP contribution in [0.4, 0.5) is 9.18 Å². The molecule has 0 atom stereocenters. The molecule has 0 heterocycles. The van der Waals surface area contributed by atoms with Crippen molar-refractivity contribution in [3.05, 3.63) is 51.8 Å². The number of carbonyl (C=O) groups excluding carboxylic acids is 1. The molecule has 0 bridgehead atoms. The molecule has 0 fully saturated rings.